The van der Waals surface area contributed by atoms with E-state index in [1.54, 1.807) is 13.2 Å². The first kappa shape index (κ1) is 11.4. The number of hydrogen-bond donors (Lipinski definition) is 1. The van der Waals surface area contributed by atoms with Gasteiger partial charge in [-0.05, 0) is 44.0 Å². The lowest BCUT2D eigenvalue weighted by molar-refractivity contribution is 0.387. The van der Waals surface area contributed by atoms with E-state index in [0.717, 1.165) is 42.8 Å². The molecule has 1 aromatic rings. The standard InChI is InChI=1S/C13H18FNO/c1-9-6-11(14)7-12(13(9)16-2)10-4-3-5-15-8-10/h6-7,10,15H,3-5,8H2,1-2H3. The first-order valence-corrected chi connectivity index (χ1v) is 5.77. The van der Waals surface area contributed by atoms with Crippen LogP contribution in [0.2, 0.25) is 0 Å². The third-order valence-corrected chi connectivity index (χ3v) is 3.21. The number of rotatable bonds is 2. The Kier molecular flexibility index (Phi) is 3.44. The van der Waals surface area contributed by atoms with Crippen LogP contribution in [0.1, 0.15) is 29.9 Å². The van der Waals surface area contributed by atoms with Crippen LogP contribution in [0.3, 0.4) is 0 Å². The van der Waals surface area contributed by atoms with Gasteiger partial charge in [-0.15, -0.1) is 0 Å². The van der Waals surface area contributed by atoms with Gasteiger partial charge in [0.15, 0.2) is 0 Å². The lowest BCUT2D eigenvalue weighted by atomic mass is 9.90. The molecule has 0 saturated carbocycles. The molecular weight excluding hydrogens is 205 g/mol. The van der Waals surface area contributed by atoms with Gasteiger partial charge in [0.2, 0.25) is 0 Å². The van der Waals surface area contributed by atoms with Crippen LogP contribution in [-0.2, 0) is 0 Å². The van der Waals surface area contributed by atoms with Gasteiger partial charge in [-0.2, -0.15) is 0 Å². The minimum Gasteiger partial charge on any atom is -0.496 e. The number of halogens is 1. The Morgan fingerprint density at radius 1 is 1.44 bits per heavy atom. The van der Waals surface area contributed by atoms with Crippen LogP contribution >= 0.6 is 0 Å². The van der Waals surface area contributed by atoms with E-state index in [2.05, 4.69) is 5.32 Å². The molecule has 1 atom stereocenters. The van der Waals surface area contributed by atoms with Crippen molar-refractivity contribution in [2.24, 2.45) is 0 Å². The SMILES string of the molecule is COc1c(C)cc(F)cc1C1CCCNC1. The lowest BCUT2D eigenvalue weighted by Crippen LogP contribution is -2.28. The Morgan fingerprint density at radius 2 is 2.25 bits per heavy atom. The molecule has 16 heavy (non-hydrogen) atoms. The largest absolute Gasteiger partial charge is 0.496 e. The molecular formula is C13H18FNO. The van der Waals surface area contributed by atoms with Gasteiger partial charge >= 0.3 is 0 Å². The van der Waals surface area contributed by atoms with Gasteiger partial charge in [0, 0.05) is 18.0 Å². The van der Waals surface area contributed by atoms with Crippen molar-refractivity contribution >= 4 is 0 Å². The second-order valence-corrected chi connectivity index (χ2v) is 4.39. The number of aryl methyl sites for hydroxylation is 1. The molecule has 3 heteroatoms. The van der Waals surface area contributed by atoms with Gasteiger partial charge in [-0.1, -0.05) is 0 Å². The third kappa shape index (κ3) is 2.19. The average molecular weight is 223 g/mol. The van der Waals surface area contributed by atoms with E-state index in [4.69, 9.17) is 4.74 Å². The molecule has 0 radical (unpaired) electrons. The number of methoxy groups -OCH3 is 1. The van der Waals surface area contributed by atoms with Crippen LogP contribution in [-0.4, -0.2) is 20.2 Å². The summed E-state index contributed by atoms with van der Waals surface area (Å²) in [4.78, 5) is 0. The van der Waals surface area contributed by atoms with E-state index >= 15 is 0 Å². The molecule has 0 bridgehead atoms. The summed E-state index contributed by atoms with van der Waals surface area (Å²) in [7, 11) is 1.65. The van der Waals surface area contributed by atoms with E-state index in [9.17, 15) is 4.39 Å². The Hall–Kier alpha value is -1.09. The summed E-state index contributed by atoms with van der Waals surface area (Å²) < 4.78 is 18.8. The molecule has 2 rings (SSSR count). The molecule has 1 fully saturated rings. The van der Waals surface area contributed by atoms with Crippen molar-refractivity contribution in [3.63, 3.8) is 0 Å². The minimum atomic E-state index is -0.168. The van der Waals surface area contributed by atoms with Crippen molar-refractivity contribution in [3.05, 3.63) is 29.1 Å². The maximum Gasteiger partial charge on any atom is 0.125 e. The van der Waals surface area contributed by atoms with E-state index in [0.29, 0.717) is 5.92 Å². The van der Waals surface area contributed by atoms with Gasteiger partial charge in [0.25, 0.3) is 0 Å². The summed E-state index contributed by atoms with van der Waals surface area (Å²) in [5.74, 6) is 1.05. The normalized spacial score (nSPS) is 20.8. The van der Waals surface area contributed by atoms with E-state index < -0.39 is 0 Å². The van der Waals surface area contributed by atoms with Crippen molar-refractivity contribution in [2.75, 3.05) is 20.2 Å². The van der Waals surface area contributed by atoms with Crippen LogP contribution in [0.4, 0.5) is 4.39 Å². The topological polar surface area (TPSA) is 21.3 Å². The second kappa shape index (κ2) is 4.83. The highest BCUT2D eigenvalue weighted by Gasteiger charge is 2.20. The summed E-state index contributed by atoms with van der Waals surface area (Å²) in [6.45, 7) is 3.87. The smallest absolute Gasteiger partial charge is 0.125 e. The molecule has 0 amide bonds. The summed E-state index contributed by atoms with van der Waals surface area (Å²) in [5, 5.41) is 3.35. The highest BCUT2D eigenvalue weighted by Crippen LogP contribution is 2.34. The third-order valence-electron chi connectivity index (χ3n) is 3.21. The van der Waals surface area contributed by atoms with Crippen LogP contribution in [0.15, 0.2) is 12.1 Å². The zero-order valence-corrected chi connectivity index (χ0v) is 9.85. The van der Waals surface area contributed by atoms with E-state index in [1.165, 1.54) is 6.07 Å². The number of piperidine rings is 1. The van der Waals surface area contributed by atoms with E-state index in [-0.39, 0.29) is 5.82 Å². The fourth-order valence-corrected chi connectivity index (χ4v) is 2.46. The number of hydrogen-bond acceptors (Lipinski definition) is 2. The van der Waals surface area contributed by atoms with Crippen LogP contribution in [0.25, 0.3) is 0 Å². The first-order valence-electron chi connectivity index (χ1n) is 5.77. The molecule has 1 N–H and O–H groups in total. The van der Waals surface area contributed by atoms with Crippen molar-refractivity contribution in [2.45, 2.75) is 25.7 Å². The zero-order valence-electron chi connectivity index (χ0n) is 9.85. The zero-order chi connectivity index (χ0) is 11.5. The number of nitrogens with one attached hydrogen (secondary N) is 1. The minimum absolute atomic E-state index is 0.168. The van der Waals surface area contributed by atoms with Gasteiger partial charge in [-0.3, -0.25) is 0 Å². The fraction of sp³-hybridized carbons (Fsp3) is 0.538. The van der Waals surface area contributed by atoms with Gasteiger partial charge in [0.05, 0.1) is 7.11 Å². The second-order valence-electron chi connectivity index (χ2n) is 4.39. The summed E-state index contributed by atoms with van der Waals surface area (Å²) in [6, 6.07) is 3.14. The molecule has 0 aliphatic carbocycles. The molecule has 1 unspecified atom stereocenters. The monoisotopic (exact) mass is 223 g/mol. The molecule has 0 spiro atoms. The van der Waals surface area contributed by atoms with Gasteiger partial charge < -0.3 is 10.1 Å². The molecule has 1 saturated heterocycles. The van der Waals surface area contributed by atoms with Crippen molar-refractivity contribution < 1.29 is 9.13 Å². The number of ether oxygens (including phenoxy) is 1. The summed E-state index contributed by atoms with van der Waals surface area (Å²) in [6.07, 6.45) is 2.25. The quantitative estimate of drug-likeness (QED) is 0.832. The summed E-state index contributed by atoms with van der Waals surface area (Å²) in [5.41, 5.74) is 1.88. The fourth-order valence-electron chi connectivity index (χ4n) is 2.46. The maximum atomic E-state index is 13.4. The van der Waals surface area contributed by atoms with Crippen LogP contribution in [0.5, 0.6) is 5.75 Å². The van der Waals surface area contributed by atoms with Crippen LogP contribution in [0, 0.1) is 12.7 Å². The molecule has 1 heterocycles. The highest BCUT2D eigenvalue weighted by atomic mass is 19.1. The Balaban J connectivity index is 2.36. The molecule has 0 aromatic heterocycles. The predicted molar refractivity (Wildman–Crippen MR) is 62.5 cm³/mol. The number of benzene rings is 1. The molecule has 1 aromatic carbocycles. The molecule has 1 aliphatic rings. The Bertz CT molecular complexity index is 372. The Labute approximate surface area is 95.8 Å². The van der Waals surface area contributed by atoms with Crippen molar-refractivity contribution in [1.82, 2.24) is 5.32 Å². The summed E-state index contributed by atoms with van der Waals surface area (Å²) >= 11 is 0. The molecule has 1 aliphatic heterocycles. The molecule has 2 nitrogen and oxygen atoms in total. The highest BCUT2D eigenvalue weighted by molar-refractivity contribution is 5.43. The maximum absolute atomic E-state index is 13.4. The van der Waals surface area contributed by atoms with E-state index in [1.807, 2.05) is 6.92 Å². The Morgan fingerprint density at radius 3 is 2.88 bits per heavy atom. The van der Waals surface area contributed by atoms with Crippen molar-refractivity contribution in [1.29, 1.82) is 0 Å². The lowest BCUT2D eigenvalue weighted by Gasteiger charge is -2.25. The average Bonchev–Trinajstić information content (AvgIpc) is 2.29. The molecule has 88 valence electrons. The van der Waals surface area contributed by atoms with Gasteiger partial charge in [0.1, 0.15) is 11.6 Å². The van der Waals surface area contributed by atoms with Crippen molar-refractivity contribution in [3.8, 4) is 5.75 Å². The van der Waals surface area contributed by atoms with Crippen LogP contribution < -0.4 is 10.1 Å². The first-order chi connectivity index (χ1) is 7.72. The predicted octanol–water partition coefficient (Wildman–Crippen LogP) is 2.61. The van der Waals surface area contributed by atoms with Gasteiger partial charge in [-0.25, -0.2) is 4.39 Å².